The number of nitrogens with zero attached hydrogens (tertiary/aromatic N) is 5. The summed E-state index contributed by atoms with van der Waals surface area (Å²) < 4.78 is 7.38. The van der Waals surface area contributed by atoms with Crippen molar-refractivity contribution >= 4 is 29.9 Å². The zero-order valence-corrected chi connectivity index (χ0v) is 18.5. The molecule has 1 aliphatic rings. The number of guanidine groups is 1. The van der Waals surface area contributed by atoms with E-state index in [1.54, 1.807) is 0 Å². The van der Waals surface area contributed by atoms with Gasteiger partial charge < -0.3 is 19.9 Å². The van der Waals surface area contributed by atoms with E-state index in [4.69, 9.17) is 9.73 Å². The average molecular weight is 464 g/mol. The van der Waals surface area contributed by atoms with Crippen LogP contribution in [0.2, 0.25) is 0 Å². The van der Waals surface area contributed by atoms with Gasteiger partial charge in [0, 0.05) is 57.7 Å². The molecule has 1 aromatic rings. The van der Waals surface area contributed by atoms with Gasteiger partial charge in [-0.3, -0.25) is 9.67 Å². The number of nitrogens with one attached hydrogen (secondary N) is 1. The summed E-state index contributed by atoms with van der Waals surface area (Å²) in [6, 6.07) is 0. The number of hydrogen-bond donors (Lipinski definition) is 1. The first kappa shape index (κ1) is 22.2. The first-order valence-electron chi connectivity index (χ1n) is 8.69. The van der Waals surface area contributed by atoms with Gasteiger partial charge in [0.25, 0.3) is 0 Å². The minimum absolute atomic E-state index is 0. The van der Waals surface area contributed by atoms with E-state index in [2.05, 4.69) is 48.3 Å². The molecule has 1 fully saturated rings. The Bertz CT molecular complexity index is 539. The van der Waals surface area contributed by atoms with Crippen LogP contribution in [0, 0.1) is 0 Å². The van der Waals surface area contributed by atoms with Crippen LogP contribution in [0.3, 0.4) is 0 Å². The summed E-state index contributed by atoms with van der Waals surface area (Å²) in [5.41, 5.74) is 1.27. The van der Waals surface area contributed by atoms with E-state index in [9.17, 15) is 0 Å². The second-order valence-corrected chi connectivity index (χ2v) is 6.78. The van der Waals surface area contributed by atoms with Crippen molar-refractivity contribution in [1.29, 1.82) is 0 Å². The molecular weight excluding hydrogens is 431 g/mol. The van der Waals surface area contributed by atoms with Gasteiger partial charge >= 0.3 is 0 Å². The molecule has 0 atom stereocenters. The number of aliphatic imine (C=N–C) groups is 1. The second kappa shape index (κ2) is 10.3. The highest BCUT2D eigenvalue weighted by Gasteiger charge is 2.34. The Morgan fingerprint density at radius 3 is 2.56 bits per heavy atom. The lowest BCUT2D eigenvalue weighted by Gasteiger charge is -2.42. The Morgan fingerprint density at radius 1 is 1.36 bits per heavy atom. The van der Waals surface area contributed by atoms with Gasteiger partial charge in [0.15, 0.2) is 5.96 Å². The summed E-state index contributed by atoms with van der Waals surface area (Å²) in [6.45, 7) is 6.16. The lowest BCUT2D eigenvalue weighted by Crippen LogP contribution is -2.51. The molecule has 2 rings (SSSR count). The molecule has 1 aromatic heterocycles. The normalized spacial score (nSPS) is 17.3. The van der Waals surface area contributed by atoms with E-state index < -0.39 is 0 Å². The van der Waals surface area contributed by atoms with Crippen molar-refractivity contribution in [3.63, 3.8) is 0 Å². The van der Waals surface area contributed by atoms with Crippen LogP contribution in [0.4, 0.5) is 0 Å². The Balaban J connectivity index is 0.00000312. The zero-order valence-electron chi connectivity index (χ0n) is 16.2. The maximum absolute atomic E-state index is 5.55. The van der Waals surface area contributed by atoms with Gasteiger partial charge in [0.05, 0.1) is 12.7 Å². The minimum atomic E-state index is 0. The molecule has 1 aliphatic heterocycles. The van der Waals surface area contributed by atoms with E-state index in [0.717, 1.165) is 51.6 Å². The molecule has 7 nitrogen and oxygen atoms in total. The van der Waals surface area contributed by atoms with Crippen molar-refractivity contribution in [2.24, 2.45) is 12.0 Å². The third-order valence-corrected chi connectivity index (χ3v) is 4.77. The van der Waals surface area contributed by atoms with Crippen LogP contribution in [0.5, 0.6) is 0 Å². The lowest BCUT2D eigenvalue weighted by atomic mass is 9.89. The minimum Gasteiger partial charge on any atom is -0.381 e. The fraction of sp³-hybridized carbons (Fsp3) is 0.765. The summed E-state index contributed by atoms with van der Waals surface area (Å²) in [6.07, 6.45) is 5.99. The van der Waals surface area contributed by atoms with Gasteiger partial charge in [-0.05, 0) is 33.9 Å². The summed E-state index contributed by atoms with van der Waals surface area (Å²) >= 11 is 0. The molecule has 0 radical (unpaired) electrons. The van der Waals surface area contributed by atoms with E-state index in [1.807, 2.05) is 24.1 Å². The molecular formula is C17H33IN6O. The van der Waals surface area contributed by atoms with Crippen LogP contribution >= 0.6 is 24.0 Å². The molecule has 0 saturated carbocycles. The monoisotopic (exact) mass is 464 g/mol. The Hall–Kier alpha value is -0.870. The molecule has 1 N–H and O–H groups in total. The summed E-state index contributed by atoms with van der Waals surface area (Å²) in [4.78, 5) is 9.41. The van der Waals surface area contributed by atoms with Gasteiger partial charge in [-0.25, -0.2) is 0 Å². The number of hydrogen-bond acceptors (Lipinski definition) is 4. The summed E-state index contributed by atoms with van der Waals surface area (Å²) in [5, 5.41) is 7.64. The van der Waals surface area contributed by atoms with Crippen LogP contribution in [-0.2, 0) is 18.3 Å². The molecule has 0 aliphatic carbocycles. The largest absolute Gasteiger partial charge is 0.381 e. The molecule has 0 amide bonds. The van der Waals surface area contributed by atoms with Crippen molar-refractivity contribution in [1.82, 2.24) is 24.9 Å². The number of aromatic nitrogens is 2. The fourth-order valence-corrected chi connectivity index (χ4v) is 3.09. The highest BCUT2D eigenvalue weighted by molar-refractivity contribution is 14.0. The average Bonchev–Trinajstić information content (AvgIpc) is 2.97. The van der Waals surface area contributed by atoms with Crippen LogP contribution < -0.4 is 5.32 Å². The van der Waals surface area contributed by atoms with Gasteiger partial charge in [0.2, 0.25) is 0 Å². The van der Waals surface area contributed by atoms with Crippen LogP contribution in [0.1, 0.15) is 25.3 Å². The Morgan fingerprint density at radius 2 is 2.04 bits per heavy atom. The third kappa shape index (κ3) is 6.10. The van der Waals surface area contributed by atoms with E-state index in [-0.39, 0.29) is 29.5 Å². The summed E-state index contributed by atoms with van der Waals surface area (Å²) in [5.74, 6) is 0.939. The maximum Gasteiger partial charge on any atom is 0.194 e. The van der Waals surface area contributed by atoms with Crippen molar-refractivity contribution in [3.8, 4) is 0 Å². The highest BCUT2D eigenvalue weighted by Crippen LogP contribution is 2.26. The smallest absolute Gasteiger partial charge is 0.194 e. The maximum atomic E-state index is 5.55. The quantitative estimate of drug-likeness (QED) is 0.394. The van der Waals surface area contributed by atoms with E-state index in [1.165, 1.54) is 5.56 Å². The van der Waals surface area contributed by atoms with Crippen molar-refractivity contribution in [2.45, 2.75) is 31.8 Å². The summed E-state index contributed by atoms with van der Waals surface area (Å²) in [7, 11) is 8.30. The Kier molecular flexibility index (Phi) is 9.15. The van der Waals surface area contributed by atoms with Crippen LogP contribution in [0.15, 0.2) is 17.4 Å². The van der Waals surface area contributed by atoms with Gasteiger partial charge in [0.1, 0.15) is 0 Å². The van der Waals surface area contributed by atoms with Gasteiger partial charge in [-0.1, -0.05) is 0 Å². The third-order valence-electron chi connectivity index (χ3n) is 4.77. The molecule has 25 heavy (non-hydrogen) atoms. The van der Waals surface area contributed by atoms with Crippen LogP contribution in [0.25, 0.3) is 0 Å². The molecule has 0 aromatic carbocycles. The predicted molar refractivity (Wildman–Crippen MR) is 113 cm³/mol. The van der Waals surface area contributed by atoms with Crippen LogP contribution in [-0.4, -0.2) is 78.5 Å². The molecule has 0 spiro atoms. The van der Waals surface area contributed by atoms with Crippen molar-refractivity contribution < 1.29 is 4.74 Å². The highest BCUT2D eigenvalue weighted by atomic mass is 127. The molecule has 1 saturated heterocycles. The standard InChI is InChI=1S/C17H32N6O.HI/c1-6-18-16(22(4)12-15-11-20-23(5)13-15)19-14-17(21(2)3)7-9-24-10-8-17;/h11,13H,6-10,12,14H2,1-5H3,(H,18,19);1H. The first-order chi connectivity index (χ1) is 11.5. The lowest BCUT2D eigenvalue weighted by molar-refractivity contribution is -0.00262. The molecule has 144 valence electrons. The molecule has 2 heterocycles. The number of rotatable bonds is 6. The fourth-order valence-electron chi connectivity index (χ4n) is 3.09. The molecule has 8 heteroatoms. The Labute approximate surface area is 168 Å². The van der Waals surface area contributed by atoms with E-state index >= 15 is 0 Å². The van der Waals surface area contributed by atoms with E-state index in [0.29, 0.717) is 0 Å². The van der Waals surface area contributed by atoms with Gasteiger partial charge in [-0.15, -0.1) is 24.0 Å². The predicted octanol–water partition coefficient (Wildman–Crippen LogP) is 1.55. The number of aryl methyl sites for hydroxylation is 1. The first-order valence-corrected chi connectivity index (χ1v) is 8.69. The number of halogens is 1. The van der Waals surface area contributed by atoms with Gasteiger partial charge in [-0.2, -0.15) is 5.10 Å². The molecule has 0 bridgehead atoms. The molecule has 0 unspecified atom stereocenters. The zero-order chi connectivity index (χ0) is 17.6. The SMILES string of the molecule is CCNC(=NCC1(N(C)C)CCOCC1)N(C)Cc1cnn(C)c1.I. The second-order valence-electron chi connectivity index (χ2n) is 6.78. The number of ether oxygens (including phenoxy) is 1. The van der Waals surface area contributed by atoms with Crippen molar-refractivity contribution in [2.75, 3.05) is 47.4 Å². The number of likely N-dealkylation sites (N-methyl/N-ethyl adjacent to an activating group) is 1. The topological polar surface area (TPSA) is 57.9 Å². The van der Waals surface area contributed by atoms with Crippen molar-refractivity contribution in [3.05, 3.63) is 18.0 Å².